The van der Waals surface area contributed by atoms with Crippen LogP contribution in [0.15, 0.2) is 36.9 Å². The SMILES string of the molecule is C=C/C=C/c1ccc(O)cc1C. The zero-order valence-electron chi connectivity index (χ0n) is 7.12. The van der Waals surface area contributed by atoms with Crippen LogP contribution in [-0.4, -0.2) is 5.11 Å². The molecular weight excluding hydrogens is 148 g/mol. The number of aryl methyl sites for hydroxylation is 1. The standard InChI is InChI=1S/C11H12O/c1-3-4-5-10-6-7-11(12)8-9(10)2/h3-8,12H,1H2,2H3/b5-4+. The van der Waals surface area contributed by atoms with E-state index in [1.807, 2.05) is 25.1 Å². The van der Waals surface area contributed by atoms with Crippen molar-refractivity contribution in [2.45, 2.75) is 6.92 Å². The summed E-state index contributed by atoms with van der Waals surface area (Å²) in [6.07, 6.45) is 5.56. The van der Waals surface area contributed by atoms with Crippen molar-refractivity contribution in [1.82, 2.24) is 0 Å². The van der Waals surface area contributed by atoms with Crippen molar-refractivity contribution in [3.63, 3.8) is 0 Å². The lowest BCUT2D eigenvalue weighted by molar-refractivity contribution is 0.475. The highest BCUT2D eigenvalue weighted by atomic mass is 16.3. The summed E-state index contributed by atoms with van der Waals surface area (Å²) in [7, 11) is 0. The van der Waals surface area contributed by atoms with Gasteiger partial charge in [-0.25, -0.2) is 0 Å². The molecule has 0 atom stereocenters. The van der Waals surface area contributed by atoms with Gasteiger partial charge in [0.05, 0.1) is 0 Å². The minimum atomic E-state index is 0.309. The molecule has 0 radical (unpaired) electrons. The highest BCUT2D eigenvalue weighted by Crippen LogP contribution is 2.16. The molecule has 0 saturated carbocycles. The second kappa shape index (κ2) is 3.77. The quantitative estimate of drug-likeness (QED) is 0.659. The van der Waals surface area contributed by atoms with Gasteiger partial charge in [-0.15, -0.1) is 0 Å². The minimum Gasteiger partial charge on any atom is -0.508 e. The summed E-state index contributed by atoms with van der Waals surface area (Å²) in [5.41, 5.74) is 2.17. The maximum absolute atomic E-state index is 9.12. The molecule has 1 N–H and O–H groups in total. The van der Waals surface area contributed by atoms with Crippen LogP contribution in [0.25, 0.3) is 6.08 Å². The van der Waals surface area contributed by atoms with Gasteiger partial charge in [0, 0.05) is 0 Å². The molecule has 0 amide bonds. The first kappa shape index (κ1) is 8.60. The fraction of sp³-hybridized carbons (Fsp3) is 0.0909. The highest BCUT2D eigenvalue weighted by Gasteiger charge is 1.93. The number of hydrogen-bond acceptors (Lipinski definition) is 1. The second-order valence-electron chi connectivity index (χ2n) is 2.64. The van der Waals surface area contributed by atoms with E-state index in [2.05, 4.69) is 6.58 Å². The first-order chi connectivity index (χ1) is 5.74. The molecule has 62 valence electrons. The number of phenols is 1. The van der Waals surface area contributed by atoms with Gasteiger partial charge < -0.3 is 5.11 Å². The largest absolute Gasteiger partial charge is 0.508 e. The van der Waals surface area contributed by atoms with Gasteiger partial charge in [-0.1, -0.05) is 30.9 Å². The second-order valence-corrected chi connectivity index (χ2v) is 2.64. The van der Waals surface area contributed by atoms with Crippen LogP contribution >= 0.6 is 0 Å². The van der Waals surface area contributed by atoms with Crippen molar-refractivity contribution < 1.29 is 5.11 Å². The van der Waals surface area contributed by atoms with Crippen molar-refractivity contribution in [1.29, 1.82) is 0 Å². The summed E-state index contributed by atoms with van der Waals surface area (Å²) in [5, 5.41) is 9.12. The highest BCUT2D eigenvalue weighted by molar-refractivity contribution is 5.56. The van der Waals surface area contributed by atoms with Crippen LogP contribution in [-0.2, 0) is 0 Å². The molecule has 1 aromatic carbocycles. The molecule has 0 aliphatic heterocycles. The number of phenolic OH excluding ortho intramolecular Hbond substituents is 1. The van der Waals surface area contributed by atoms with Gasteiger partial charge in [0.1, 0.15) is 5.75 Å². The van der Waals surface area contributed by atoms with Gasteiger partial charge in [0.15, 0.2) is 0 Å². The van der Waals surface area contributed by atoms with Crippen molar-refractivity contribution in [3.8, 4) is 5.75 Å². The number of benzene rings is 1. The summed E-state index contributed by atoms with van der Waals surface area (Å²) in [4.78, 5) is 0. The van der Waals surface area contributed by atoms with Gasteiger partial charge in [-0.3, -0.25) is 0 Å². The molecule has 0 heterocycles. The molecule has 0 aliphatic rings. The van der Waals surface area contributed by atoms with Crippen molar-refractivity contribution in [2.75, 3.05) is 0 Å². The third kappa shape index (κ3) is 1.99. The van der Waals surface area contributed by atoms with Crippen molar-refractivity contribution >= 4 is 6.08 Å². The maximum atomic E-state index is 9.12. The van der Waals surface area contributed by atoms with Crippen molar-refractivity contribution in [2.24, 2.45) is 0 Å². The molecule has 0 saturated heterocycles. The summed E-state index contributed by atoms with van der Waals surface area (Å²) in [6.45, 7) is 5.55. The molecular formula is C11H12O. The number of allylic oxidation sites excluding steroid dienone is 2. The minimum absolute atomic E-state index is 0.309. The molecule has 1 aromatic rings. The molecule has 0 aromatic heterocycles. The van der Waals surface area contributed by atoms with E-state index in [1.165, 1.54) is 0 Å². The molecule has 0 unspecified atom stereocenters. The van der Waals surface area contributed by atoms with Crippen LogP contribution in [0.4, 0.5) is 0 Å². The van der Waals surface area contributed by atoms with Crippen LogP contribution in [0.5, 0.6) is 5.75 Å². The molecule has 1 heteroatoms. The lowest BCUT2D eigenvalue weighted by atomic mass is 10.1. The average molecular weight is 160 g/mol. The molecule has 0 fully saturated rings. The molecule has 12 heavy (non-hydrogen) atoms. The Labute approximate surface area is 72.7 Å². The van der Waals surface area contributed by atoms with E-state index in [4.69, 9.17) is 5.11 Å². The first-order valence-electron chi connectivity index (χ1n) is 3.83. The van der Waals surface area contributed by atoms with E-state index in [0.29, 0.717) is 5.75 Å². The number of rotatable bonds is 2. The molecule has 1 rings (SSSR count). The normalized spacial score (nSPS) is 10.4. The molecule has 0 bridgehead atoms. The van der Waals surface area contributed by atoms with Crippen LogP contribution in [0.2, 0.25) is 0 Å². The van der Waals surface area contributed by atoms with Crippen LogP contribution in [0.1, 0.15) is 11.1 Å². The third-order valence-electron chi connectivity index (χ3n) is 1.67. The Bertz CT molecular complexity index is 311. The lowest BCUT2D eigenvalue weighted by Crippen LogP contribution is -1.78. The van der Waals surface area contributed by atoms with Crippen LogP contribution in [0.3, 0.4) is 0 Å². The smallest absolute Gasteiger partial charge is 0.115 e. The topological polar surface area (TPSA) is 20.2 Å². The number of aromatic hydroxyl groups is 1. The van der Waals surface area contributed by atoms with Crippen molar-refractivity contribution in [3.05, 3.63) is 48.1 Å². The van der Waals surface area contributed by atoms with E-state index in [-0.39, 0.29) is 0 Å². The van der Waals surface area contributed by atoms with E-state index in [1.54, 1.807) is 18.2 Å². The Kier molecular flexibility index (Phi) is 2.70. The van der Waals surface area contributed by atoms with E-state index < -0.39 is 0 Å². The van der Waals surface area contributed by atoms with E-state index >= 15 is 0 Å². The molecule has 0 aliphatic carbocycles. The Morgan fingerprint density at radius 2 is 2.17 bits per heavy atom. The van der Waals surface area contributed by atoms with Crippen LogP contribution < -0.4 is 0 Å². The van der Waals surface area contributed by atoms with Gasteiger partial charge in [-0.2, -0.15) is 0 Å². The summed E-state index contributed by atoms with van der Waals surface area (Å²) < 4.78 is 0. The molecule has 0 spiro atoms. The molecule has 1 nitrogen and oxygen atoms in total. The van der Waals surface area contributed by atoms with Gasteiger partial charge in [0.25, 0.3) is 0 Å². The average Bonchev–Trinajstić information content (AvgIpc) is 2.03. The fourth-order valence-corrected chi connectivity index (χ4v) is 1.02. The summed E-state index contributed by atoms with van der Waals surface area (Å²) in [6, 6.07) is 5.29. The van der Waals surface area contributed by atoms with E-state index in [0.717, 1.165) is 11.1 Å². The Balaban J connectivity index is 3.01. The predicted octanol–water partition coefficient (Wildman–Crippen LogP) is 2.90. The van der Waals surface area contributed by atoms with E-state index in [9.17, 15) is 0 Å². The lowest BCUT2D eigenvalue weighted by Gasteiger charge is -1.99. The van der Waals surface area contributed by atoms with Gasteiger partial charge >= 0.3 is 0 Å². The zero-order valence-corrected chi connectivity index (χ0v) is 7.12. The zero-order chi connectivity index (χ0) is 8.97. The Hall–Kier alpha value is -1.50. The third-order valence-corrected chi connectivity index (χ3v) is 1.67. The monoisotopic (exact) mass is 160 g/mol. The first-order valence-corrected chi connectivity index (χ1v) is 3.83. The summed E-state index contributed by atoms with van der Waals surface area (Å²) in [5.74, 6) is 0.309. The Morgan fingerprint density at radius 1 is 1.42 bits per heavy atom. The van der Waals surface area contributed by atoms with Gasteiger partial charge in [0.2, 0.25) is 0 Å². The van der Waals surface area contributed by atoms with Gasteiger partial charge in [-0.05, 0) is 30.2 Å². The Morgan fingerprint density at radius 3 is 2.75 bits per heavy atom. The predicted molar refractivity (Wildman–Crippen MR) is 52.1 cm³/mol. The number of hydrogen-bond donors (Lipinski definition) is 1. The summed E-state index contributed by atoms with van der Waals surface area (Å²) >= 11 is 0. The van der Waals surface area contributed by atoms with Crippen LogP contribution in [0, 0.1) is 6.92 Å². The fourth-order valence-electron chi connectivity index (χ4n) is 1.02. The maximum Gasteiger partial charge on any atom is 0.115 e.